The van der Waals surface area contributed by atoms with Gasteiger partial charge in [-0.3, -0.25) is 9.36 Å². The van der Waals surface area contributed by atoms with Gasteiger partial charge in [-0.2, -0.15) is 0 Å². The summed E-state index contributed by atoms with van der Waals surface area (Å²) in [6.45, 7) is 0. The smallest absolute Gasteiger partial charge is 0.209 e. The number of halogens is 2. The van der Waals surface area contributed by atoms with Gasteiger partial charge >= 0.3 is 0 Å². The fraction of sp³-hybridized carbons (Fsp3) is 0.200. The molecule has 4 nitrogen and oxygen atoms in total. The Bertz CT molecular complexity index is 1100. The fourth-order valence-electron chi connectivity index (χ4n) is 3.99. The summed E-state index contributed by atoms with van der Waals surface area (Å²) in [5, 5.41) is 4.52. The highest BCUT2D eigenvalue weighted by molar-refractivity contribution is 6.35. The summed E-state index contributed by atoms with van der Waals surface area (Å²) >= 11 is 12.7. The predicted molar refractivity (Wildman–Crippen MR) is 104 cm³/mol. The van der Waals surface area contributed by atoms with E-state index in [0.717, 1.165) is 46.7 Å². The molecule has 0 saturated carbocycles. The number of aromatic nitrogens is 2. The molecule has 0 bridgehead atoms. The molecule has 0 spiro atoms. The Morgan fingerprint density at radius 1 is 1.12 bits per heavy atom. The first-order valence-corrected chi connectivity index (χ1v) is 9.34. The zero-order chi connectivity index (χ0) is 17.8. The Balaban J connectivity index is 1.83. The van der Waals surface area contributed by atoms with Gasteiger partial charge in [-0.1, -0.05) is 41.4 Å². The van der Waals surface area contributed by atoms with Crippen LogP contribution in [-0.2, 0) is 4.79 Å². The second-order valence-corrected chi connectivity index (χ2v) is 7.50. The number of anilines is 1. The predicted octanol–water partition coefficient (Wildman–Crippen LogP) is 5.37. The van der Waals surface area contributed by atoms with Crippen molar-refractivity contribution in [3.05, 3.63) is 69.3 Å². The van der Waals surface area contributed by atoms with Gasteiger partial charge < -0.3 is 5.32 Å². The Labute approximate surface area is 160 Å². The van der Waals surface area contributed by atoms with Crippen molar-refractivity contribution in [1.82, 2.24) is 9.55 Å². The van der Waals surface area contributed by atoms with Crippen molar-refractivity contribution in [2.75, 3.05) is 5.32 Å². The molecule has 1 unspecified atom stereocenters. The van der Waals surface area contributed by atoms with E-state index in [1.807, 2.05) is 36.4 Å². The van der Waals surface area contributed by atoms with Gasteiger partial charge in [0.2, 0.25) is 5.95 Å². The molecule has 1 aromatic heterocycles. The third-order valence-corrected chi connectivity index (χ3v) is 5.67. The molecule has 0 fully saturated rings. The Hall–Kier alpha value is -2.30. The van der Waals surface area contributed by atoms with Crippen molar-refractivity contribution < 1.29 is 4.79 Å². The van der Waals surface area contributed by atoms with Crippen LogP contribution in [0.3, 0.4) is 0 Å². The molecule has 2 heterocycles. The number of imidazole rings is 1. The second-order valence-electron chi connectivity index (χ2n) is 6.66. The van der Waals surface area contributed by atoms with Crippen molar-refractivity contribution in [3.8, 4) is 0 Å². The van der Waals surface area contributed by atoms with E-state index in [9.17, 15) is 4.79 Å². The quantitative estimate of drug-likeness (QED) is 0.614. The standard InChI is InChI=1S/C20H15Cl2N3O/c21-11-8-9-12(13(22)10-11)19-18-15(5-3-7-17(18)26)24-20-23-14-4-1-2-6-16(14)25(19)20/h1-2,4,6,8-10,19H,3,5,7H2,(H,23,24). The molecule has 2 aromatic carbocycles. The molecule has 0 amide bonds. The van der Waals surface area contributed by atoms with E-state index >= 15 is 0 Å². The molecule has 0 radical (unpaired) electrons. The molecule has 3 aromatic rings. The molecular formula is C20H15Cl2N3O. The highest BCUT2D eigenvalue weighted by atomic mass is 35.5. The molecule has 6 heteroatoms. The molecule has 1 N–H and O–H groups in total. The van der Waals surface area contributed by atoms with Gasteiger partial charge in [0.1, 0.15) is 0 Å². The average Bonchev–Trinajstić information content (AvgIpc) is 2.99. The number of hydrogen-bond acceptors (Lipinski definition) is 3. The monoisotopic (exact) mass is 383 g/mol. The van der Waals surface area contributed by atoms with Gasteiger partial charge in [0, 0.05) is 27.7 Å². The number of para-hydroxylation sites is 2. The Morgan fingerprint density at radius 3 is 2.81 bits per heavy atom. The van der Waals surface area contributed by atoms with Crippen LogP contribution in [0.25, 0.3) is 11.0 Å². The Morgan fingerprint density at radius 2 is 1.96 bits per heavy atom. The number of fused-ring (bicyclic) bond motifs is 3. The van der Waals surface area contributed by atoms with Crippen LogP contribution < -0.4 is 5.32 Å². The van der Waals surface area contributed by atoms with Crippen LogP contribution >= 0.6 is 23.2 Å². The minimum atomic E-state index is -0.300. The first-order chi connectivity index (χ1) is 12.6. The molecule has 1 aliphatic heterocycles. The normalized spacial score (nSPS) is 19.3. The van der Waals surface area contributed by atoms with Crippen LogP contribution in [-0.4, -0.2) is 15.3 Å². The van der Waals surface area contributed by atoms with Crippen LogP contribution in [0.4, 0.5) is 5.95 Å². The number of carbonyl (C=O) groups is 1. The molecule has 26 heavy (non-hydrogen) atoms. The minimum Gasteiger partial charge on any atom is -0.329 e. The largest absolute Gasteiger partial charge is 0.329 e. The maximum atomic E-state index is 12.9. The van der Waals surface area contributed by atoms with Gasteiger partial charge in [0.05, 0.1) is 17.1 Å². The van der Waals surface area contributed by atoms with E-state index in [0.29, 0.717) is 16.5 Å². The lowest BCUT2D eigenvalue weighted by Gasteiger charge is -2.34. The number of nitrogens with zero attached hydrogens (tertiary/aromatic N) is 2. The van der Waals surface area contributed by atoms with E-state index in [-0.39, 0.29) is 11.8 Å². The minimum absolute atomic E-state index is 0.165. The fourth-order valence-corrected chi connectivity index (χ4v) is 4.50. The molecule has 5 rings (SSSR count). The van der Waals surface area contributed by atoms with Crippen LogP contribution in [0.1, 0.15) is 30.9 Å². The van der Waals surface area contributed by atoms with Gasteiger partial charge in [0.15, 0.2) is 5.78 Å². The number of rotatable bonds is 1. The lowest BCUT2D eigenvalue weighted by atomic mass is 9.85. The number of carbonyl (C=O) groups excluding carboxylic acids is 1. The van der Waals surface area contributed by atoms with E-state index in [1.54, 1.807) is 6.07 Å². The topological polar surface area (TPSA) is 46.9 Å². The van der Waals surface area contributed by atoms with Crippen LogP contribution in [0.5, 0.6) is 0 Å². The first-order valence-electron chi connectivity index (χ1n) is 8.58. The van der Waals surface area contributed by atoms with Crippen molar-refractivity contribution >= 4 is 46.0 Å². The molecule has 130 valence electrons. The maximum absolute atomic E-state index is 12.9. The summed E-state index contributed by atoms with van der Waals surface area (Å²) in [6.07, 6.45) is 2.25. The molecule has 1 atom stereocenters. The van der Waals surface area contributed by atoms with E-state index in [4.69, 9.17) is 28.2 Å². The van der Waals surface area contributed by atoms with Crippen molar-refractivity contribution in [1.29, 1.82) is 0 Å². The van der Waals surface area contributed by atoms with Crippen molar-refractivity contribution in [3.63, 3.8) is 0 Å². The first kappa shape index (κ1) is 15.9. The maximum Gasteiger partial charge on any atom is 0.209 e. The third-order valence-electron chi connectivity index (χ3n) is 5.10. The summed E-state index contributed by atoms with van der Waals surface area (Å²) in [6, 6.07) is 13.1. The third kappa shape index (κ3) is 2.29. The zero-order valence-electron chi connectivity index (χ0n) is 13.8. The molecule has 0 saturated heterocycles. The average molecular weight is 384 g/mol. The SMILES string of the molecule is O=C1CCCC2=C1C(c1ccc(Cl)cc1Cl)n1c(nc3ccccc31)N2. The second kappa shape index (κ2) is 5.86. The molecule has 2 aliphatic rings. The zero-order valence-corrected chi connectivity index (χ0v) is 15.3. The highest BCUT2D eigenvalue weighted by Crippen LogP contribution is 2.44. The number of Topliss-reactive ketones (excluding diaryl/α,β-unsaturated/α-hetero) is 1. The van der Waals surface area contributed by atoms with Crippen molar-refractivity contribution in [2.45, 2.75) is 25.3 Å². The Kier molecular flexibility index (Phi) is 3.59. The summed E-state index contributed by atoms with van der Waals surface area (Å²) in [5.41, 5.74) is 4.47. The lowest BCUT2D eigenvalue weighted by Crippen LogP contribution is -2.31. The summed E-state index contributed by atoms with van der Waals surface area (Å²) < 4.78 is 2.08. The van der Waals surface area contributed by atoms with E-state index in [2.05, 4.69) is 9.88 Å². The van der Waals surface area contributed by atoms with Gasteiger partial charge in [-0.05, 0) is 42.7 Å². The van der Waals surface area contributed by atoms with Crippen LogP contribution in [0, 0.1) is 0 Å². The molecular weight excluding hydrogens is 369 g/mol. The molecule has 1 aliphatic carbocycles. The number of hydrogen-bond donors (Lipinski definition) is 1. The lowest BCUT2D eigenvalue weighted by molar-refractivity contribution is -0.116. The summed E-state index contributed by atoms with van der Waals surface area (Å²) in [7, 11) is 0. The van der Waals surface area contributed by atoms with Gasteiger partial charge in [0.25, 0.3) is 0 Å². The van der Waals surface area contributed by atoms with E-state index < -0.39 is 0 Å². The van der Waals surface area contributed by atoms with Crippen LogP contribution in [0.2, 0.25) is 10.0 Å². The van der Waals surface area contributed by atoms with Gasteiger partial charge in [-0.25, -0.2) is 4.98 Å². The van der Waals surface area contributed by atoms with Gasteiger partial charge in [-0.15, -0.1) is 0 Å². The summed E-state index contributed by atoms with van der Waals surface area (Å²) in [4.78, 5) is 17.6. The number of ketones is 1. The van der Waals surface area contributed by atoms with E-state index in [1.165, 1.54) is 0 Å². The van der Waals surface area contributed by atoms with Crippen molar-refractivity contribution in [2.24, 2.45) is 0 Å². The van der Waals surface area contributed by atoms with Crippen LogP contribution in [0.15, 0.2) is 53.7 Å². The number of allylic oxidation sites excluding steroid dienone is 2. The number of benzene rings is 2. The number of nitrogens with one attached hydrogen (secondary N) is 1. The summed E-state index contributed by atoms with van der Waals surface area (Å²) in [5.74, 6) is 0.911. The highest BCUT2D eigenvalue weighted by Gasteiger charge is 2.37.